The Balaban J connectivity index is 1.72. The molecule has 0 spiro atoms. The van der Waals surface area contributed by atoms with Gasteiger partial charge in [0.05, 0.1) is 18.1 Å². The second kappa shape index (κ2) is 5.54. The molecule has 0 atom stereocenters. The van der Waals surface area contributed by atoms with Crippen molar-refractivity contribution in [3.63, 3.8) is 0 Å². The van der Waals surface area contributed by atoms with Crippen LogP contribution in [0.25, 0.3) is 11.0 Å². The first-order chi connectivity index (χ1) is 9.74. The van der Waals surface area contributed by atoms with Gasteiger partial charge in [0.25, 0.3) is 0 Å². The molecule has 0 bridgehead atoms. The average Bonchev–Trinajstić information content (AvgIpc) is 2.87. The van der Waals surface area contributed by atoms with Crippen LogP contribution < -0.4 is 10.1 Å². The van der Waals surface area contributed by atoms with Crippen LogP contribution in [0.3, 0.4) is 0 Å². The zero-order valence-corrected chi connectivity index (χ0v) is 12.6. The SMILES string of the molecule is COc1ccc(CNc2nc3ccc(Br)cc3[nH]2)cc1. The quantitative estimate of drug-likeness (QED) is 0.761. The summed E-state index contributed by atoms with van der Waals surface area (Å²) >= 11 is 3.45. The Kier molecular flexibility index (Phi) is 3.60. The van der Waals surface area contributed by atoms with E-state index in [0.717, 1.165) is 27.2 Å². The molecule has 0 saturated carbocycles. The van der Waals surface area contributed by atoms with Crippen LogP contribution in [0, 0.1) is 0 Å². The lowest BCUT2D eigenvalue weighted by Gasteiger charge is -2.04. The Hall–Kier alpha value is -2.01. The van der Waals surface area contributed by atoms with E-state index in [1.165, 1.54) is 5.56 Å². The minimum atomic E-state index is 0.713. The van der Waals surface area contributed by atoms with Gasteiger partial charge in [-0.2, -0.15) is 0 Å². The Labute approximate surface area is 125 Å². The van der Waals surface area contributed by atoms with E-state index in [0.29, 0.717) is 6.54 Å². The molecule has 0 saturated heterocycles. The molecule has 3 rings (SSSR count). The average molecular weight is 332 g/mol. The number of aromatic nitrogens is 2. The number of hydrogen-bond donors (Lipinski definition) is 2. The maximum Gasteiger partial charge on any atom is 0.201 e. The number of H-pyrrole nitrogens is 1. The number of rotatable bonds is 4. The maximum absolute atomic E-state index is 5.14. The van der Waals surface area contributed by atoms with Crippen molar-refractivity contribution in [1.29, 1.82) is 0 Å². The van der Waals surface area contributed by atoms with Crippen molar-refractivity contribution >= 4 is 32.9 Å². The van der Waals surface area contributed by atoms with E-state index in [9.17, 15) is 0 Å². The van der Waals surface area contributed by atoms with Crippen LogP contribution in [0.4, 0.5) is 5.95 Å². The van der Waals surface area contributed by atoms with Crippen molar-refractivity contribution < 1.29 is 4.74 Å². The molecule has 0 amide bonds. The topological polar surface area (TPSA) is 49.9 Å². The number of hydrogen-bond acceptors (Lipinski definition) is 3. The third-order valence-electron chi connectivity index (χ3n) is 3.06. The van der Waals surface area contributed by atoms with Crippen molar-refractivity contribution in [1.82, 2.24) is 9.97 Å². The fraction of sp³-hybridized carbons (Fsp3) is 0.133. The number of nitrogens with zero attached hydrogens (tertiary/aromatic N) is 1. The van der Waals surface area contributed by atoms with E-state index in [1.54, 1.807) is 7.11 Å². The molecule has 2 aromatic carbocycles. The monoisotopic (exact) mass is 331 g/mol. The minimum absolute atomic E-state index is 0.713. The Bertz CT molecular complexity index is 722. The second-order valence-corrected chi connectivity index (χ2v) is 5.36. The van der Waals surface area contributed by atoms with Gasteiger partial charge in [-0.05, 0) is 35.9 Å². The number of halogens is 1. The van der Waals surface area contributed by atoms with Gasteiger partial charge in [-0.25, -0.2) is 4.98 Å². The molecule has 102 valence electrons. The highest BCUT2D eigenvalue weighted by Gasteiger charge is 2.03. The molecule has 2 N–H and O–H groups in total. The molecule has 0 aliphatic carbocycles. The summed E-state index contributed by atoms with van der Waals surface area (Å²) in [5, 5.41) is 3.28. The zero-order valence-electron chi connectivity index (χ0n) is 11.0. The highest BCUT2D eigenvalue weighted by molar-refractivity contribution is 9.10. The first-order valence-corrected chi connectivity index (χ1v) is 7.06. The van der Waals surface area contributed by atoms with Crippen molar-refractivity contribution in [2.24, 2.45) is 0 Å². The van der Waals surface area contributed by atoms with Crippen molar-refractivity contribution in [2.45, 2.75) is 6.54 Å². The molecule has 0 radical (unpaired) electrons. The van der Waals surface area contributed by atoms with Gasteiger partial charge in [0.15, 0.2) is 0 Å². The summed E-state index contributed by atoms with van der Waals surface area (Å²) in [5.74, 6) is 1.64. The zero-order chi connectivity index (χ0) is 13.9. The van der Waals surface area contributed by atoms with Crippen LogP contribution in [0.5, 0.6) is 5.75 Å². The van der Waals surface area contributed by atoms with Gasteiger partial charge in [0.1, 0.15) is 5.75 Å². The largest absolute Gasteiger partial charge is 0.497 e. The molecule has 5 heteroatoms. The van der Waals surface area contributed by atoms with Gasteiger partial charge in [-0.1, -0.05) is 28.1 Å². The predicted molar refractivity (Wildman–Crippen MR) is 84.1 cm³/mol. The Morgan fingerprint density at radius 2 is 2.00 bits per heavy atom. The van der Waals surface area contributed by atoms with Crippen LogP contribution in [-0.2, 0) is 6.54 Å². The van der Waals surface area contributed by atoms with E-state index in [4.69, 9.17) is 4.74 Å². The molecule has 1 aromatic heterocycles. The van der Waals surface area contributed by atoms with Gasteiger partial charge < -0.3 is 15.0 Å². The molecule has 1 heterocycles. The van der Waals surface area contributed by atoms with E-state index in [2.05, 4.69) is 31.2 Å². The van der Waals surface area contributed by atoms with Gasteiger partial charge in [0, 0.05) is 11.0 Å². The molecule has 0 fully saturated rings. The lowest BCUT2D eigenvalue weighted by atomic mass is 10.2. The van der Waals surface area contributed by atoms with E-state index >= 15 is 0 Å². The minimum Gasteiger partial charge on any atom is -0.497 e. The smallest absolute Gasteiger partial charge is 0.201 e. The van der Waals surface area contributed by atoms with Gasteiger partial charge in [-0.3, -0.25) is 0 Å². The third-order valence-corrected chi connectivity index (χ3v) is 3.56. The first kappa shape index (κ1) is 13.0. The molecule has 0 aliphatic heterocycles. The number of methoxy groups -OCH3 is 1. The molecular weight excluding hydrogens is 318 g/mol. The number of ether oxygens (including phenoxy) is 1. The molecule has 20 heavy (non-hydrogen) atoms. The lowest BCUT2D eigenvalue weighted by molar-refractivity contribution is 0.414. The van der Waals surface area contributed by atoms with Crippen LogP contribution in [0.2, 0.25) is 0 Å². The highest BCUT2D eigenvalue weighted by atomic mass is 79.9. The highest BCUT2D eigenvalue weighted by Crippen LogP contribution is 2.20. The number of anilines is 1. The van der Waals surface area contributed by atoms with Crippen LogP contribution in [0.1, 0.15) is 5.56 Å². The van der Waals surface area contributed by atoms with Crippen LogP contribution >= 0.6 is 15.9 Å². The third kappa shape index (κ3) is 2.77. The van der Waals surface area contributed by atoms with Crippen molar-refractivity contribution in [3.8, 4) is 5.75 Å². The summed E-state index contributed by atoms with van der Waals surface area (Å²) < 4.78 is 6.18. The van der Waals surface area contributed by atoms with E-state index in [-0.39, 0.29) is 0 Å². The second-order valence-electron chi connectivity index (χ2n) is 4.45. The fourth-order valence-electron chi connectivity index (χ4n) is 1.99. The number of benzene rings is 2. The molecule has 0 unspecified atom stereocenters. The number of nitrogens with one attached hydrogen (secondary N) is 2. The summed E-state index contributed by atoms with van der Waals surface area (Å²) in [5.41, 5.74) is 3.13. The van der Waals surface area contributed by atoms with Crippen LogP contribution in [-0.4, -0.2) is 17.1 Å². The summed E-state index contributed by atoms with van der Waals surface area (Å²) in [6.07, 6.45) is 0. The van der Waals surface area contributed by atoms with Gasteiger partial charge in [0.2, 0.25) is 5.95 Å². The number of imidazole rings is 1. The standard InChI is InChI=1S/C15H14BrN3O/c1-20-12-5-2-10(3-6-12)9-17-15-18-13-7-4-11(16)8-14(13)19-15/h2-8H,9H2,1H3,(H2,17,18,19). The fourth-order valence-corrected chi connectivity index (χ4v) is 2.36. The van der Waals surface area contributed by atoms with Crippen molar-refractivity contribution in [3.05, 3.63) is 52.5 Å². The Morgan fingerprint density at radius 3 is 2.75 bits per heavy atom. The first-order valence-electron chi connectivity index (χ1n) is 6.27. The Morgan fingerprint density at radius 1 is 1.20 bits per heavy atom. The lowest BCUT2D eigenvalue weighted by Crippen LogP contribution is -2.00. The summed E-state index contributed by atoms with van der Waals surface area (Å²) in [7, 11) is 1.67. The van der Waals surface area contributed by atoms with Crippen LogP contribution in [0.15, 0.2) is 46.9 Å². The number of aromatic amines is 1. The van der Waals surface area contributed by atoms with E-state index < -0.39 is 0 Å². The summed E-state index contributed by atoms with van der Waals surface area (Å²) in [6.45, 7) is 0.713. The van der Waals surface area contributed by atoms with Gasteiger partial charge in [-0.15, -0.1) is 0 Å². The van der Waals surface area contributed by atoms with E-state index in [1.807, 2.05) is 42.5 Å². The summed E-state index contributed by atoms with van der Waals surface area (Å²) in [4.78, 5) is 7.74. The summed E-state index contributed by atoms with van der Waals surface area (Å²) in [6, 6.07) is 13.9. The molecule has 0 aliphatic rings. The molecular formula is C15H14BrN3O. The molecule has 4 nitrogen and oxygen atoms in total. The maximum atomic E-state index is 5.14. The predicted octanol–water partition coefficient (Wildman–Crippen LogP) is 3.95. The van der Waals surface area contributed by atoms with Crippen molar-refractivity contribution in [2.75, 3.05) is 12.4 Å². The normalized spacial score (nSPS) is 10.7. The number of fused-ring (bicyclic) bond motifs is 1. The molecule has 3 aromatic rings. The van der Waals surface area contributed by atoms with Gasteiger partial charge >= 0.3 is 0 Å².